The molecule has 0 aliphatic carbocycles. The van der Waals surface area contributed by atoms with Gasteiger partial charge in [-0.25, -0.2) is 0 Å². The lowest BCUT2D eigenvalue weighted by Gasteiger charge is -2.47. The Morgan fingerprint density at radius 2 is 1.66 bits per heavy atom. The van der Waals surface area contributed by atoms with Gasteiger partial charge in [-0.3, -0.25) is 14.6 Å². The third-order valence-corrected chi connectivity index (χ3v) is 10.8. The van der Waals surface area contributed by atoms with E-state index in [0.717, 1.165) is 72.2 Å². The molecule has 0 unspecified atom stereocenters. The fourth-order valence-electron chi connectivity index (χ4n) is 7.73. The quantitative estimate of drug-likeness (QED) is 0.243. The Morgan fingerprint density at radius 1 is 0.909 bits per heavy atom. The number of halogens is 1. The van der Waals surface area contributed by atoms with E-state index in [2.05, 4.69) is 26.6 Å². The molecule has 0 bridgehead atoms. The van der Waals surface area contributed by atoms with E-state index in [-0.39, 0.29) is 11.8 Å². The molecular formula is C35H35ClN6O2. The molecule has 1 spiro atoms. The van der Waals surface area contributed by atoms with E-state index < -0.39 is 0 Å². The predicted octanol–water partition coefficient (Wildman–Crippen LogP) is 6.25. The second kappa shape index (κ2) is 10.4. The summed E-state index contributed by atoms with van der Waals surface area (Å²) in [5, 5.41) is 2.46. The molecule has 2 amide bonds. The van der Waals surface area contributed by atoms with Crippen molar-refractivity contribution in [3.05, 3.63) is 89.5 Å². The summed E-state index contributed by atoms with van der Waals surface area (Å²) in [5.74, 6) is 0.115. The molecule has 6 heterocycles. The predicted molar refractivity (Wildman–Crippen MR) is 174 cm³/mol. The van der Waals surface area contributed by atoms with Crippen LogP contribution in [0.2, 0.25) is 5.02 Å². The number of benzene rings is 2. The van der Waals surface area contributed by atoms with Crippen LogP contribution in [0.3, 0.4) is 0 Å². The first-order valence-corrected chi connectivity index (χ1v) is 15.9. The summed E-state index contributed by atoms with van der Waals surface area (Å²) in [6.07, 6.45) is 10.2. The number of hydrogen-bond acceptors (Lipinski definition) is 4. The van der Waals surface area contributed by atoms with Gasteiger partial charge < -0.3 is 23.8 Å². The molecule has 2 saturated heterocycles. The molecule has 9 heteroatoms. The zero-order valence-electron chi connectivity index (χ0n) is 24.9. The number of piperidine rings is 2. The van der Waals surface area contributed by atoms with E-state index in [9.17, 15) is 9.59 Å². The second-order valence-corrected chi connectivity index (χ2v) is 13.1. The minimum Gasteiger partial charge on any atom is -0.371 e. The first-order chi connectivity index (χ1) is 21.4. The SMILES string of the molecule is Cn1c2c(c3c(Cl)cccc31)C(=O)N(c1ccc3ccn(CC(=O)N4CCC5(CC4)CCN(c4ccncc4)CC5)c3c1)C2. The Balaban J connectivity index is 0.953. The number of amides is 2. The number of hydrogen-bond donors (Lipinski definition) is 0. The number of carbonyl (C=O) groups is 2. The minimum atomic E-state index is -0.0407. The number of fused-ring (bicyclic) bond motifs is 4. The van der Waals surface area contributed by atoms with E-state index in [1.165, 1.54) is 18.5 Å². The molecule has 2 aromatic carbocycles. The first-order valence-electron chi connectivity index (χ1n) is 15.5. The van der Waals surface area contributed by atoms with Crippen molar-refractivity contribution >= 4 is 56.6 Å². The molecule has 8 rings (SSSR count). The number of nitrogens with zero attached hydrogens (tertiary/aromatic N) is 6. The Bertz CT molecular complexity index is 1910. The van der Waals surface area contributed by atoms with Gasteiger partial charge in [0.25, 0.3) is 5.91 Å². The number of pyridine rings is 1. The van der Waals surface area contributed by atoms with Crippen molar-refractivity contribution in [2.24, 2.45) is 12.5 Å². The summed E-state index contributed by atoms with van der Waals surface area (Å²) in [6.45, 7) is 4.53. The number of carbonyl (C=O) groups excluding carboxylic acids is 2. The molecule has 5 aromatic rings. The maximum absolute atomic E-state index is 13.7. The van der Waals surface area contributed by atoms with Crippen molar-refractivity contribution in [3.8, 4) is 0 Å². The van der Waals surface area contributed by atoms with Crippen molar-refractivity contribution in [3.63, 3.8) is 0 Å². The highest BCUT2D eigenvalue weighted by atomic mass is 35.5. The smallest absolute Gasteiger partial charge is 0.261 e. The van der Waals surface area contributed by atoms with Gasteiger partial charge in [-0.05, 0) is 78.9 Å². The average Bonchev–Trinajstić information content (AvgIpc) is 3.70. The monoisotopic (exact) mass is 606 g/mol. The van der Waals surface area contributed by atoms with E-state index >= 15 is 0 Å². The Hall–Kier alpha value is -4.30. The van der Waals surface area contributed by atoms with Gasteiger partial charge >= 0.3 is 0 Å². The summed E-state index contributed by atoms with van der Waals surface area (Å²) < 4.78 is 4.10. The summed E-state index contributed by atoms with van der Waals surface area (Å²) in [6, 6.07) is 18.1. The zero-order valence-corrected chi connectivity index (χ0v) is 25.6. The van der Waals surface area contributed by atoms with Crippen LogP contribution in [0.4, 0.5) is 11.4 Å². The van der Waals surface area contributed by atoms with Crippen LogP contribution in [0.5, 0.6) is 0 Å². The second-order valence-electron chi connectivity index (χ2n) is 12.7. The molecule has 3 aromatic heterocycles. The van der Waals surface area contributed by atoms with E-state index in [1.807, 2.05) is 82.5 Å². The third-order valence-electron chi connectivity index (χ3n) is 10.5. The molecule has 3 aliphatic heterocycles. The Kier molecular flexibility index (Phi) is 6.45. The molecular weight excluding hydrogens is 572 g/mol. The van der Waals surface area contributed by atoms with Gasteiger partial charge in [0.1, 0.15) is 6.54 Å². The van der Waals surface area contributed by atoms with E-state index in [1.54, 1.807) is 0 Å². The van der Waals surface area contributed by atoms with Crippen LogP contribution in [0.1, 0.15) is 41.7 Å². The van der Waals surface area contributed by atoms with Gasteiger partial charge in [0.2, 0.25) is 5.91 Å². The van der Waals surface area contributed by atoms with Crippen molar-refractivity contribution in [1.29, 1.82) is 0 Å². The van der Waals surface area contributed by atoms with Gasteiger partial charge in [0, 0.05) is 68.6 Å². The van der Waals surface area contributed by atoms with Gasteiger partial charge in [-0.2, -0.15) is 0 Å². The average molecular weight is 607 g/mol. The highest BCUT2D eigenvalue weighted by molar-refractivity contribution is 6.37. The van der Waals surface area contributed by atoms with Gasteiger partial charge in [0.05, 0.1) is 33.9 Å². The van der Waals surface area contributed by atoms with Gasteiger partial charge in [0.15, 0.2) is 0 Å². The first kappa shape index (κ1) is 27.3. The third kappa shape index (κ3) is 4.38. The van der Waals surface area contributed by atoms with Crippen molar-refractivity contribution in [2.45, 2.75) is 38.8 Å². The lowest BCUT2D eigenvalue weighted by Crippen LogP contribution is -2.48. The molecule has 0 atom stereocenters. The normalized spacial score (nSPS) is 18.1. The maximum Gasteiger partial charge on any atom is 0.261 e. The number of aromatic nitrogens is 3. The van der Waals surface area contributed by atoms with E-state index in [4.69, 9.17) is 11.6 Å². The van der Waals surface area contributed by atoms with Crippen LogP contribution in [0, 0.1) is 5.41 Å². The fourth-order valence-corrected chi connectivity index (χ4v) is 7.99. The lowest BCUT2D eigenvalue weighted by atomic mass is 9.71. The number of aryl methyl sites for hydroxylation is 1. The zero-order chi connectivity index (χ0) is 30.0. The van der Waals surface area contributed by atoms with Gasteiger partial charge in [-0.15, -0.1) is 0 Å². The number of anilines is 2. The van der Waals surface area contributed by atoms with E-state index in [0.29, 0.717) is 29.1 Å². The molecule has 0 saturated carbocycles. The largest absolute Gasteiger partial charge is 0.371 e. The Labute approximate surface area is 261 Å². The van der Waals surface area contributed by atoms with Crippen LogP contribution in [-0.2, 0) is 24.9 Å². The maximum atomic E-state index is 13.7. The van der Waals surface area contributed by atoms with Crippen LogP contribution in [0.25, 0.3) is 21.8 Å². The summed E-state index contributed by atoms with van der Waals surface area (Å²) in [5.41, 5.74) is 5.99. The van der Waals surface area contributed by atoms with Crippen molar-refractivity contribution in [2.75, 3.05) is 36.0 Å². The Morgan fingerprint density at radius 3 is 2.43 bits per heavy atom. The van der Waals surface area contributed by atoms with Gasteiger partial charge in [-0.1, -0.05) is 23.7 Å². The standard InChI is InChI=1S/C35H35ClN6O2/c1-38-28-4-2-3-27(36)32(28)33-30(38)22-42(34(33)44)26-6-5-24-9-16-41(29(24)21-26)23-31(43)40-19-12-35(13-20-40)10-17-39(18-11-35)25-7-14-37-15-8-25/h2-9,14-16,21H,10-13,17-20,22-23H2,1H3. The molecule has 8 nitrogen and oxygen atoms in total. The molecule has 2 fully saturated rings. The fraction of sp³-hybridized carbons (Fsp3) is 0.343. The lowest BCUT2D eigenvalue weighted by molar-refractivity contribution is -0.134. The molecule has 3 aliphatic rings. The number of rotatable bonds is 4. The number of likely N-dealkylation sites (tertiary alicyclic amines) is 1. The molecule has 44 heavy (non-hydrogen) atoms. The summed E-state index contributed by atoms with van der Waals surface area (Å²) >= 11 is 6.55. The van der Waals surface area contributed by atoms with Crippen LogP contribution in [-0.4, -0.2) is 57.0 Å². The van der Waals surface area contributed by atoms with Crippen LogP contribution in [0.15, 0.2) is 73.2 Å². The van der Waals surface area contributed by atoms with Crippen LogP contribution < -0.4 is 9.80 Å². The van der Waals surface area contributed by atoms with Crippen molar-refractivity contribution in [1.82, 2.24) is 19.0 Å². The molecule has 0 N–H and O–H groups in total. The van der Waals surface area contributed by atoms with Crippen LogP contribution >= 0.6 is 11.6 Å². The highest BCUT2D eigenvalue weighted by Crippen LogP contribution is 2.42. The summed E-state index contributed by atoms with van der Waals surface area (Å²) in [4.78, 5) is 37.7. The summed E-state index contributed by atoms with van der Waals surface area (Å²) in [7, 11) is 1.99. The highest BCUT2D eigenvalue weighted by Gasteiger charge is 2.39. The minimum absolute atomic E-state index is 0.0407. The topological polar surface area (TPSA) is 66.6 Å². The molecule has 0 radical (unpaired) electrons. The van der Waals surface area contributed by atoms with Crippen molar-refractivity contribution < 1.29 is 9.59 Å². The molecule has 224 valence electrons.